The first-order valence-electron chi connectivity index (χ1n) is 13.6. The molecule has 0 N–H and O–H groups in total. The molecule has 0 fully saturated rings. The fourth-order valence-electron chi connectivity index (χ4n) is 5.05. The van der Waals surface area contributed by atoms with Crippen molar-refractivity contribution in [2.75, 3.05) is 4.31 Å². The van der Waals surface area contributed by atoms with E-state index in [-0.39, 0.29) is 10.6 Å². The van der Waals surface area contributed by atoms with Gasteiger partial charge < -0.3 is 0 Å². The predicted molar refractivity (Wildman–Crippen MR) is 172 cm³/mol. The van der Waals surface area contributed by atoms with E-state index >= 15 is 4.79 Å². The van der Waals surface area contributed by atoms with Crippen LogP contribution >= 0.6 is 11.8 Å². The highest BCUT2D eigenvalue weighted by atomic mass is 32.2. The van der Waals surface area contributed by atoms with Gasteiger partial charge in [-0.05, 0) is 54.4 Å². The quantitative estimate of drug-likeness (QED) is 0.121. The number of aryl methyl sites for hydroxylation is 1. The van der Waals surface area contributed by atoms with E-state index in [1.165, 1.54) is 11.8 Å². The van der Waals surface area contributed by atoms with Crippen LogP contribution in [0.4, 0.5) is 5.69 Å². The van der Waals surface area contributed by atoms with Crippen LogP contribution in [0.2, 0.25) is 0 Å². The first-order chi connectivity index (χ1) is 20.4. The maximum absolute atomic E-state index is 15.5. The van der Waals surface area contributed by atoms with Crippen LogP contribution < -0.4 is 4.31 Å². The van der Waals surface area contributed by atoms with Crippen LogP contribution in [-0.2, 0) is 19.6 Å². The van der Waals surface area contributed by atoms with Gasteiger partial charge in [0.1, 0.15) is 4.75 Å². The number of para-hydroxylation sites is 1. The van der Waals surface area contributed by atoms with Crippen molar-refractivity contribution in [1.82, 2.24) is 0 Å². The third-order valence-corrected chi connectivity index (χ3v) is 10.3. The normalized spacial score (nSPS) is 13.5. The Morgan fingerprint density at radius 3 is 1.79 bits per heavy atom. The van der Waals surface area contributed by atoms with Crippen molar-refractivity contribution in [2.45, 2.75) is 27.4 Å². The van der Waals surface area contributed by atoms with Crippen molar-refractivity contribution < 1.29 is 13.2 Å². The van der Waals surface area contributed by atoms with Crippen molar-refractivity contribution in [1.29, 1.82) is 0 Å². The molecule has 1 amide bonds. The fourth-order valence-corrected chi connectivity index (χ4v) is 8.02. The van der Waals surface area contributed by atoms with Crippen LogP contribution in [0.25, 0.3) is 0 Å². The zero-order chi connectivity index (χ0) is 29.6. The molecule has 0 aromatic heterocycles. The topological polar surface area (TPSA) is 54.5 Å². The highest BCUT2D eigenvalue weighted by Gasteiger charge is 2.52. The summed E-state index contributed by atoms with van der Waals surface area (Å²) in [5.74, 6) is -1.19. The molecule has 5 rings (SSSR count). The molecule has 5 aromatic carbocycles. The number of anilines is 1. The Morgan fingerprint density at radius 1 is 0.738 bits per heavy atom. The molecular formula is C36H31NO3S2. The zero-order valence-corrected chi connectivity index (χ0v) is 24.8. The average molecular weight is 590 g/mol. The number of hydrogen-bond donors (Lipinski definition) is 0. The summed E-state index contributed by atoms with van der Waals surface area (Å²) in [6.07, 6.45) is 1.75. The lowest BCUT2D eigenvalue weighted by molar-refractivity contribution is -0.120. The summed E-state index contributed by atoms with van der Waals surface area (Å²) in [7, 11) is -4.34. The molecular weight excluding hydrogens is 559 g/mol. The number of sulfonamides is 1. The van der Waals surface area contributed by atoms with Gasteiger partial charge >= 0.3 is 0 Å². The van der Waals surface area contributed by atoms with Crippen molar-refractivity contribution in [3.63, 3.8) is 0 Å². The summed E-state index contributed by atoms with van der Waals surface area (Å²) < 4.78 is 28.6. The Bertz CT molecular complexity index is 1740. The molecule has 4 nitrogen and oxygen atoms in total. The number of amides is 1. The van der Waals surface area contributed by atoms with Gasteiger partial charge in [-0.1, -0.05) is 121 Å². The van der Waals surface area contributed by atoms with Crippen molar-refractivity contribution in [3.05, 3.63) is 175 Å². The number of benzene rings is 5. The van der Waals surface area contributed by atoms with E-state index < -0.39 is 26.6 Å². The monoisotopic (exact) mass is 589 g/mol. The smallest absolute Gasteiger partial charge is 0.270 e. The van der Waals surface area contributed by atoms with E-state index in [0.717, 1.165) is 20.3 Å². The van der Waals surface area contributed by atoms with Gasteiger partial charge in [-0.15, -0.1) is 18.3 Å². The van der Waals surface area contributed by atoms with Gasteiger partial charge in [0.05, 0.1) is 10.6 Å². The van der Waals surface area contributed by atoms with Crippen molar-refractivity contribution in [3.8, 4) is 0 Å². The lowest BCUT2D eigenvalue weighted by Gasteiger charge is -2.41. The average Bonchev–Trinajstić information content (AvgIpc) is 3.03. The first kappa shape index (κ1) is 29.1. The highest BCUT2D eigenvalue weighted by Crippen LogP contribution is 2.53. The number of allylic oxidation sites excluding steroid dienone is 1. The summed E-state index contributed by atoms with van der Waals surface area (Å²) in [5, 5.41) is 0. The third-order valence-electron chi connectivity index (χ3n) is 7.11. The van der Waals surface area contributed by atoms with Crippen molar-refractivity contribution >= 4 is 33.4 Å². The molecule has 0 radical (unpaired) electrons. The molecule has 2 atom stereocenters. The maximum atomic E-state index is 15.5. The Hall–Kier alpha value is -4.39. The van der Waals surface area contributed by atoms with Crippen LogP contribution in [0.15, 0.2) is 168 Å². The maximum Gasteiger partial charge on any atom is 0.270 e. The molecule has 0 aliphatic heterocycles. The molecule has 0 saturated heterocycles. The van der Waals surface area contributed by atoms with E-state index in [1.54, 1.807) is 60.7 Å². The molecule has 0 aliphatic carbocycles. The summed E-state index contributed by atoms with van der Waals surface area (Å²) in [5.41, 5.74) is 2.68. The second kappa shape index (κ2) is 12.6. The first-order valence-corrected chi connectivity index (χ1v) is 15.8. The molecule has 0 aliphatic rings. The van der Waals surface area contributed by atoms with Crippen LogP contribution in [0, 0.1) is 6.92 Å². The third kappa shape index (κ3) is 5.69. The molecule has 6 heteroatoms. The number of thioether (sulfide) groups is 1. The largest absolute Gasteiger partial charge is 0.271 e. The van der Waals surface area contributed by atoms with Crippen LogP contribution in [-0.4, -0.2) is 14.3 Å². The molecule has 42 heavy (non-hydrogen) atoms. The zero-order valence-electron chi connectivity index (χ0n) is 23.2. The number of nitrogens with zero attached hydrogens (tertiary/aromatic N) is 1. The van der Waals surface area contributed by atoms with Crippen LogP contribution in [0.1, 0.15) is 22.6 Å². The van der Waals surface area contributed by atoms with Gasteiger partial charge in [0.15, 0.2) is 0 Å². The van der Waals surface area contributed by atoms with E-state index in [9.17, 15) is 8.42 Å². The van der Waals surface area contributed by atoms with Gasteiger partial charge in [0, 0.05) is 10.8 Å². The Balaban J connectivity index is 1.84. The van der Waals surface area contributed by atoms with E-state index in [0.29, 0.717) is 5.56 Å². The minimum atomic E-state index is -4.34. The second-order valence-electron chi connectivity index (χ2n) is 9.86. The predicted octanol–water partition coefficient (Wildman–Crippen LogP) is 8.37. The van der Waals surface area contributed by atoms with Gasteiger partial charge in [-0.25, -0.2) is 12.7 Å². The number of rotatable bonds is 10. The summed E-state index contributed by atoms with van der Waals surface area (Å²) >= 11 is 1.33. The molecule has 0 unspecified atom stereocenters. The summed E-state index contributed by atoms with van der Waals surface area (Å²) in [6, 6.07) is 43.8. The molecule has 5 aromatic rings. The van der Waals surface area contributed by atoms with E-state index in [1.807, 2.05) is 97.9 Å². The minimum Gasteiger partial charge on any atom is -0.271 e. The minimum absolute atomic E-state index is 0.0341. The van der Waals surface area contributed by atoms with Gasteiger partial charge in [-0.3, -0.25) is 4.79 Å². The number of carbonyl (C=O) groups excluding carboxylic acids is 1. The lowest BCUT2D eigenvalue weighted by atomic mass is 9.79. The van der Waals surface area contributed by atoms with Crippen LogP contribution in [0.5, 0.6) is 0 Å². The Morgan fingerprint density at radius 2 is 1.24 bits per heavy atom. The SMILES string of the molecule is C=C[C@@H](c1ccccc1)[C@@](Sc1ccccc1)(C(=O)N(c1ccccc1)S(=O)(=O)c1ccc(C)cc1)c1ccccc1. The Labute approximate surface area is 252 Å². The fraction of sp³-hybridized carbons (Fsp3) is 0.0833. The van der Waals surface area contributed by atoms with E-state index in [4.69, 9.17) is 0 Å². The lowest BCUT2D eigenvalue weighted by Crippen LogP contribution is -2.50. The molecule has 0 bridgehead atoms. The van der Waals surface area contributed by atoms with Crippen LogP contribution in [0.3, 0.4) is 0 Å². The van der Waals surface area contributed by atoms with Crippen molar-refractivity contribution in [2.24, 2.45) is 0 Å². The molecule has 0 saturated carbocycles. The van der Waals surface area contributed by atoms with Gasteiger partial charge in [0.25, 0.3) is 15.9 Å². The van der Waals surface area contributed by atoms with E-state index in [2.05, 4.69) is 6.58 Å². The Kier molecular flexibility index (Phi) is 8.76. The second-order valence-corrected chi connectivity index (χ2v) is 13.0. The molecule has 0 heterocycles. The highest BCUT2D eigenvalue weighted by molar-refractivity contribution is 8.01. The van der Waals surface area contributed by atoms with Gasteiger partial charge in [0.2, 0.25) is 0 Å². The molecule has 0 spiro atoms. The molecule has 210 valence electrons. The number of carbonyl (C=O) groups is 1. The van der Waals surface area contributed by atoms with Gasteiger partial charge in [-0.2, -0.15) is 0 Å². The number of hydrogen-bond acceptors (Lipinski definition) is 4. The summed E-state index contributed by atoms with van der Waals surface area (Å²) in [4.78, 5) is 16.4. The summed E-state index contributed by atoms with van der Waals surface area (Å²) in [6.45, 7) is 6.07. The standard InChI is InChI=1S/C36H31NO3S2/c1-3-34(29-16-8-4-9-17-29)36(30-18-10-5-11-19-30,41-32-22-14-7-15-23-32)35(38)37(31-20-12-6-13-21-31)42(39,40)33-26-24-28(2)25-27-33/h3-27,34H,1H2,2H3/t34-,36+/m0/s1.